The lowest BCUT2D eigenvalue weighted by molar-refractivity contribution is 0.0943. The first-order valence-corrected chi connectivity index (χ1v) is 8.94. The van der Waals surface area contributed by atoms with Gasteiger partial charge in [0.2, 0.25) is 0 Å². The fraction of sp³-hybridized carbons (Fsp3) is 0.294. The molecule has 0 aliphatic heterocycles. The number of thiophene rings is 1. The lowest BCUT2D eigenvalue weighted by Gasteiger charge is -2.06. The second kappa shape index (κ2) is 6.64. The lowest BCUT2D eigenvalue weighted by Crippen LogP contribution is -2.31. The van der Waals surface area contributed by atoms with Crippen LogP contribution in [0.15, 0.2) is 45.3 Å². The second-order valence-electron chi connectivity index (χ2n) is 5.93. The summed E-state index contributed by atoms with van der Waals surface area (Å²) in [6.45, 7) is 0.669. The van der Waals surface area contributed by atoms with Gasteiger partial charge in [-0.25, -0.2) is 4.98 Å². The van der Waals surface area contributed by atoms with Crippen molar-refractivity contribution >= 4 is 17.2 Å². The van der Waals surface area contributed by atoms with Crippen molar-refractivity contribution in [3.05, 3.63) is 57.7 Å². The minimum Gasteiger partial charge on any atom is -0.355 e. The van der Waals surface area contributed by atoms with Crippen LogP contribution in [-0.4, -0.2) is 27.2 Å². The Bertz CT molecular complexity index is 941. The molecule has 0 atom stereocenters. The Morgan fingerprint density at radius 2 is 2.28 bits per heavy atom. The van der Waals surface area contributed by atoms with Crippen LogP contribution in [0.2, 0.25) is 0 Å². The minimum absolute atomic E-state index is 0.0902. The van der Waals surface area contributed by atoms with Gasteiger partial charge in [-0.3, -0.25) is 14.2 Å². The van der Waals surface area contributed by atoms with Crippen molar-refractivity contribution in [3.63, 3.8) is 0 Å². The smallest absolute Gasteiger partial charge is 0.273 e. The molecule has 1 fully saturated rings. The summed E-state index contributed by atoms with van der Waals surface area (Å²) >= 11 is 1.51. The molecule has 3 aromatic heterocycles. The van der Waals surface area contributed by atoms with Crippen LogP contribution in [0.25, 0.3) is 10.6 Å². The quantitative estimate of drug-likeness (QED) is 0.732. The Balaban J connectivity index is 1.34. The molecule has 7 nitrogen and oxygen atoms in total. The maximum Gasteiger partial charge on any atom is 0.273 e. The first-order chi connectivity index (χ1) is 12.2. The number of carbonyl (C=O) groups excluding carboxylic acids is 1. The molecule has 4 rings (SSSR count). The van der Waals surface area contributed by atoms with E-state index in [4.69, 9.17) is 4.52 Å². The summed E-state index contributed by atoms with van der Waals surface area (Å²) in [5.74, 6) is 0.685. The Morgan fingerprint density at radius 3 is 3.00 bits per heavy atom. The monoisotopic (exact) mass is 356 g/mol. The standard InChI is InChI=1S/C17H16N4O3S/c22-16-9-12(11-3-4-11)19-10-21(16)6-5-18-17(23)13-8-14(24-20-13)15-2-1-7-25-15/h1-2,7-11H,3-6H2,(H,18,23). The molecule has 1 amide bonds. The number of nitrogens with one attached hydrogen (secondary N) is 1. The summed E-state index contributed by atoms with van der Waals surface area (Å²) in [6.07, 6.45) is 3.77. The molecule has 1 N–H and O–H groups in total. The number of hydrogen-bond acceptors (Lipinski definition) is 6. The third kappa shape index (κ3) is 3.53. The highest BCUT2D eigenvalue weighted by Gasteiger charge is 2.25. The van der Waals surface area contributed by atoms with E-state index in [0.29, 0.717) is 24.8 Å². The first kappa shape index (κ1) is 15.8. The van der Waals surface area contributed by atoms with Crippen LogP contribution < -0.4 is 10.9 Å². The van der Waals surface area contributed by atoms with Gasteiger partial charge in [0.15, 0.2) is 11.5 Å². The minimum atomic E-state index is -0.331. The number of carbonyl (C=O) groups is 1. The Labute approximate surface area is 147 Å². The van der Waals surface area contributed by atoms with Crippen molar-refractivity contribution in [2.24, 2.45) is 0 Å². The van der Waals surface area contributed by atoms with Gasteiger partial charge >= 0.3 is 0 Å². The summed E-state index contributed by atoms with van der Waals surface area (Å²) < 4.78 is 6.68. The Morgan fingerprint density at radius 1 is 1.40 bits per heavy atom. The van der Waals surface area contributed by atoms with E-state index in [1.54, 1.807) is 18.5 Å². The van der Waals surface area contributed by atoms with Gasteiger partial charge in [0.05, 0.1) is 16.9 Å². The zero-order valence-corrected chi connectivity index (χ0v) is 14.2. The topological polar surface area (TPSA) is 90.0 Å². The molecular weight excluding hydrogens is 340 g/mol. The summed E-state index contributed by atoms with van der Waals surface area (Å²) in [4.78, 5) is 29.4. The summed E-state index contributed by atoms with van der Waals surface area (Å²) in [6, 6.07) is 7.00. The van der Waals surface area contributed by atoms with Crippen LogP contribution in [0.3, 0.4) is 0 Å². The molecule has 25 heavy (non-hydrogen) atoms. The SMILES string of the molecule is O=C(NCCn1cnc(C2CC2)cc1=O)c1cc(-c2cccs2)on1. The van der Waals surface area contributed by atoms with Gasteiger partial charge in [-0.2, -0.15) is 0 Å². The number of amides is 1. The first-order valence-electron chi connectivity index (χ1n) is 8.06. The Kier molecular flexibility index (Phi) is 4.19. The van der Waals surface area contributed by atoms with E-state index >= 15 is 0 Å². The molecule has 1 aliphatic carbocycles. The van der Waals surface area contributed by atoms with Crippen molar-refractivity contribution < 1.29 is 9.32 Å². The molecule has 0 radical (unpaired) electrons. The van der Waals surface area contributed by atoms with E-state index < -0.39 is 0 Å². The molecule has 0 aromatic carbocycles. The third-order valence-corrected chi connectivity index (χ3v) is 4.93. The predicted molar refractivity (Wildman–Crippen MR) is 92.6 cm³/mol. The lowest BCUT2D eigenvalue weighted by atomic mass is 10.3. The molecule has 0 saturated heterocycles. The molecule has 1 aliphatic rings. The largest absolute Gasteiger partial charge is 0.355 e. The number of hydrogen-bond donors (Lipinski definition) is 1. The highest BCUT2D eigenvalue weighted by atomic mass is 32.1. The van der Waals surface area contributed by atoms with Crippen molar-refractivity contribution in [3.8, 4) is 10.6 Å². The average molecular weight is 356 g/mol. The maximum absolute atomic E-state index is 12.1. The molecular formula is C17H16N4O3S. The molecule has 0 unspecified atom stereocenters. The van der Waals surface area contributed by atoms with Gasteiger partial charge in [0.1, 0.15) is 0 Å². The fourth-order valence-electron chi connectivity index (χ4n) is 2.51. The summed E-state index contributed by atoms with van der Waals surface area (Å²) in [5, 5.41) is 8.46. The van der Waals surface area contributed by atoms with Gasteiger partial charge in [-0.05, 0) is 24.3 Å². The van der Waals surface area contributed by atoms with Crippen LogP contribution in [0.4, 0.5) is 0 Å². The van der Waals surface area contributed by atoms with E-state index in [1.165, 1.54) is 15.9 Å². The molecule has 0 spiro atoms. The van der Waals surface area contributed by atoms with Crippen LogP contribution in [0.1, 0.15) is 34.9 Å². The maximum atomic E-state index is 12.1. The van der Waals surface area contributed by atoms with Crippen molar-refractivity contribution in [2.75, 3.05) is 6.54 Å². The van der Waals surface area contributed by atoms with E-state index in [0.717, 1.165) is 23.4 Å². The molecule has 0 bridgehead atoms. The van der Waals surface area contributed by atoms with E-state index in [1.807, 2.05) is 17.5 Å². The molecule has 8 heteroatoms. The Hall–Kier alpha value is -2.74. The van der Waals surface area contributed by atoms with E-state index in [-0.39, 0.29) is 17.2 Å². The molecule has 3 heterocycles. The van der Waals surface area contributed by atoms with E-state index in [2.05, 4.69) is 15.5 Å². The molecule has 1 saturated carbocycles. The highest BCUT2D eigenvalue weighted by Crippen LogP contribution is 2.38. The van der Waals surface area contributed by atoms with E-state index in [9.17, 15) is 9.59 Å². The van der Waals surface area contributed by atoms with Crippen molar-refractivity contribution in [2.45, 2.75) is 25.3 Å². The van der Waals surface area contributed by atoms with Crippen molar-refractivity contribution in [1.82, 2.24) is 20.0 Å². The van der Waals surface area contributed by atoms with Crippen LogP contribution in [0.5, 0.6) is 0 Å². The number of nitrogens with zero attached hydrogens (tertiary/aromatic N) is 3. The molecule has 3 aromatic rings. The predicted octanol–water partition coefficient (Wildman–Crippen LogP) is 2.27. The number of aromatic nitrogens is 3. The summed E-state index contributed by atoms with van der Waals surface area (Å²) in [7, 11) is 0. The van der Waals surface area contributed by atoms with Gasteiger partial charge in [0.25, 0.3) is 11.5 Å². The van der Waals surface area contributed by atoms with Gasteiger partial charge in [-0.1, -0.05) is 11.2 Å². The van der Waals surface area contributed by atoms with Gasteiger partial charge in [0, 0.05) is 31.1 Å². The average Bonchev–Trinajstić information content (AvgIpc) is 3.11. The normalized spacial score (nSPS) is 13.8. The third-order valence-electron chi connectivity index (χ3n) is 4.04. The number of rotatable bonds is 6. The van der Waals surface area contributed by atoms with Crippen LogP contribution in [0, 0.1) is 0 Å². The van der Waals surface area contributed by atoms with Crippen molar-refractivity contribution in [1.29, 1.82) is 0 Å². The second-order valence-corrected chi connectivity index (χ2v) is 6.88. The zero-order valence-electron chi connectivity index (χ0n) is 13.3. The van der Waals surface area contributed by atoms with Crippen LogP contribution in [-0.2, 0) is 6.54 Å². The highest BCUT2D eigenvalue weighted by molar-refractivity contribution is 7.13. The van der Waals surface area contributed by atoms with Crippen LogP contribution >= 0.6 is 11.3 Å². The van der Waals surface area contributed by atoms with Gasteiger partial charge in [-0.15, -0.1) is 11.3 Å². The van der Waals surface area contributed by atoms with Gasteiger partial charge < -0.3 is 9.84 Å². The zero-order chi connectivity index (χ0) is 17.2. The fourth-order valence-corrected chi connectivity index (χ4v) is 3.18. The molecule has 128 valence electrons. The summed E-state index contributed by atoms with van der Waals surface area (Å²) in [5.41, 5.74) is 1.000.